The molecule has 248 valence electrons. The van der Waals surface area contributed by atoms with Gasteiger partial charge in [-0.15, -0.1) is 13.2 Å². The van der Waals surface area contributed by atoms with Crippen molar-refractivity contribution >= 4 is 17.8 Å². The molecule has 1 heterocycles. The number of rotatable bonds is 18. The Hall–Kier alpha value is -4.53. The number of aliphatic hydroxyl groups is 1. The number of amides is 2. The molecule has 0 saturated carbocycles. The number of ether oxygens (including phenoxy) is 2. The average molecular weight is 639 g/mol. The van der Waals surface area contributed by atoms with Gasteiger partial charge in [-0.1, -0.05) is 97.1 Å². The van der Waals surface area contributed by atoms with Gasteiger partial charge in [0.15, 0.2) is 0 Å². The van der Waals surface area contributed by atoms with Gasteiger partial charge < -0.3 is 24.8 Å². The second-order valence-electron chi connectivity index (χ2n) is 12.0. The second-order valence-corrected chi connectivity index (χ2v) is 12.0. The summed E-state index contributed by atoms with van der Waals surface area (Å²) in [7, 11) is 0. The van der Waals surface area contributed by atoms with Crippen molar-refractivity contribution < 1.29 is 29.0 Å². The van der Waals surface area contributed by atoms with E-state index in [0.717, 1.165) is 22.3 Å². The number of aliphatic hydroxyl groups excluding tert-OH is 1. The van der Waals surface area contributed by atoms with Gasteiger partial charge in [0.1, 0.15) is 6.61 Å². The monoisotopic (exact) mass is 638 g/mol. The number of esters is 1. The van der Waals surface area contributed by atoms with E-state index in [9.17, 15) is 19.5 Å². The van der Waals surface area contributed by atoms with Crippen LogP contribution >= 0.6 is 0 Å². The SMILES string of the molecule is C=CC[C@@H](CC(=O)N1Cc2ccccc2C[C@H]1CO)C(=O)N[C@@H](COCc1ccccc1)COC(=O)[C@@H](CC=C)Cc1ccccc1. The third-order valence-corrected chi connectivity index (χ3v) is 8.44. The minimum Gasteiger partial charge on any atom is -0.463 e. The van der Waals surface area contributed by atoms with E-state index in [4.69, 9.17) is 9.47 Å². The fourth-order valence-corrected chi connectivity index (χ4v) is 5.86. The molecule has 8 heteroatoms. The maximum atomic E-state index is 13.7. The summed E-state index contributed by atoms with van der Waals surface area (Å²) in [6.45, 7) is 8.16. The van der Waals surface area contributed by atoms with E-state index < -0.39 is 17.9 Å². The third-order valence-electron chi connectivity index (χ3n) is 8.44. The Labute approximate surface area is 278 Å². The predicted octanol–water partition coefficient (Wildman–Crippen LogP) is 5.19. The molecule has 0 saturated heterocycles. The van der Waals surface area contributed by atoms with Gasteiger partial charge in [0.05, 0.1) is 43.7 Å². The van der Waals surface area contributed by atoms with Gasteiger partial charge in [-0.3, -0.25) is 14.4 Å². The lowest BCUT2D eigenvalue weighted by Gasteiger charge is -2.36. The Morgan fingerprint density at radius 2 is 1.47 bits per heavy atom. The van der Waals surface area contributed by atoms with Crippen LogP contribution in [0.15, 0.2) is 110 Å². The van der Waals surface area contributed by atoms with Gasteiger partial charge in [0.25, 0.3) is 0 Å². The quantitative estimate of drug-likeness (QED) is 0.147. The fourth-order valence-electron chi connectivity index (χ4n) is 5.86. The number of carbonyl (C=O) groups is 3. The molecule has 0 radical (unpaired) electrons. The summed E-state index contributed by atoms with van der Waals surface area (Å²) in [5.74, 6) is -2.06. The first kappa shape index (κ1) is 35.3. The number of hydrogen-bond acceptors (Lipinski definition) is 6. The summed E-state index contributed by atoms with van der Waals surface area (Å²) >= 11 is 0. The van der Waals surface area contributed by atoms with Crippen LogP contribution in [0.1, 0.15) is 41.5 Å². The van der Waals surface area contributed by atoms with Crippen molar-refractivity contribution in [2.45, 2.75) is 57.3 Å². The van der Waals surface area contributed by atoms with Crippen LogP contribution in [-0.4, -0.2) is 59.7 Å². The molecule has 2 amide bonds. The predicted molar refractivity (Wildman–Crippen MR) is 182 cm³/mol. The molecule has 4 rings (SSSR count). The zero-order valence-corrected chi connectivity index (χ0v) is 27.0. The van der Waals surface area contributed by atoms with Crippen LogP contribution in [0.25, 0.3) is 0 Å². The summed E-state index contributed by atoms with van der Waals surface area (Å²) in [4.78, 5) is 42.1. The fraction of sp³-hybridized carbons (Fsp3) is 0.359. The first-order valence-electron chi connectivity index (χ1n) is 16.2. The van der Waals surface area contributed by atoms with Crippen LogP contribution in [0.5, 0.6) is 0 Å². The highest BCUT2D eigenvalue weighted by Gasteiger charge is 2.32. The molecule has 4 atom stereocenters. The maximum Gasteiger partial charge on any atom is 0.309 e. The number of allylic oxidation sites excluding steroid dienone is 2. The number of nitrogens with one attached hydrogen (secondary N) is 1. The molecule has 2 N–H and O–H groups in total. The molecule has 0 aromatic heterocycles. The zero-order chi connectivity index (χ0) is 33.4. The largest absolute Gasteiger partial charge is 0.463 e. The third kappa shape index (κ3) is 10.8. The standard InChI is InChI=1S/C39H46N2O6/c1-3-13-32(23-37(43)41-24-34-20-12-11-19-31(34)22-36(41)25-42)38(44)40-35(27-46-26-30-17-9-6-10-18-30)28-47-39(45)33(14-4-2)21-29-15-7-5-8-16-29/h3-12,15-20,32-33,35-36,42H,1-2,13-14,21-28H2,(H,40,44)/t32-,33-,35-,36-/m0/s1. The Morgan fingerprint density at radius 1 is 0.851 bits per heavy atom. The Balaban J connectivity index is 1.42. The number of fused-ring (bicyclic) bond motifs is 1. The molecule has 0 unspecified atom stereocenters. The molecular formula is C39H46N2O6. The van der Waals surface area contributed by atoms with Gasteiger partial charge in [0.2, 0.25) is 11.8 Å². The van der Waals surface area contributed by atoms with Crippen LogP contribution in [-0.2, 0) is 49.9 Å². The Morgan fingerprint density at radius 3 is 2.13 bits per heavy atom. The van der Waals surface area contributed by atoms with Crippen LogP contribution in [0.3, 0.4) is 0 Å². The molecule has 0 spiro atoms. The van der Waals surface area contributed by atoms with Crippen LogP contribution < -0.4 is 5.32 Å². The summed E-state index contributed by atoms with van der Waals surface area (Å²) in [5, 5.41) is 13.1. The lowest BCUT2D eigenvalue weighted by Crippen LogP contribution is -2.49. The van der Waals surface area contributed by atoms with Gasteiger partial charge in [-0.25, -0.2) is 0 Å². The van der Waals surface area contributed by atoms with E-state index >= 15 is 0 Å². The van der Waals surface area contributed by atoms with Crippen molar-refractivity contribution in [3.05, 3.63) is 132 Å². The highest BCUT2D eigenvalue weighted by Crippen LogP contribution is 2.25. The van der Waals surface area contributed by atoms with Gasteiger partial charge >= 0.3 is 5.97 Å². The maximum absolute atomic E-state index is 13.7. The van der Waals surface area contributed by atoms with Gasteiger partial charge in [-0.05, 0) is 47.9 Å². The molecule has 1 aliphatic heterocycles. The van der Waals surface area contributed by atoms with E-state index in [-0.39, 0.29) is 56.5 Å². The molecule has 0 bridgehead atoms. The topological polar surface area (TPSA) is 105 Å². The van der Waals surface area contributed by atoms with Crippen molar-refractivity contribution in [1.82, 2.24) is 10.2 Å². The van der Waals surface area contributed by atoms with Crippen molar-refractivity contribution in [2.24, 2.45) is 11.8 Å². The lowest BCUT2D eigenvalue weighted by molar-refractivity contribution is -0.150. The van der Waals surface area contributed by atoms with Crippen molar-refractivity contribution in [1.29, 1.82) is 0 Å². The first-order chi connectivity index (χ1) is 22.9. The number of hydrogen-bond donors (Lipinski definition) is 2. The zero-order valence-electron chi connectivity index (χ0n) is 27.0. The van der Waals surface area contributed by atoms with Crippen LogP contribution in [0, 0.1) is 11.8 Å². The molecule has 1 aliphatic rings. The van der Waals surface area contributed by atoms with E-state index in [2.05, 4.69) is 18.5 Å². The molecule has 3 aromatic carbocycles. The van der Waals surface area contributed by atoms with Crippen molar-refractivity contribution in [3.8, 4) is 0 Å². The average Bonchev–Trinajstić information content (AvgIpc) is 3.10. The summed E-state index contributed by atoms with van der Waals surface area (Å²) in [5.41, 5.74) is 4.14. The van der Waals surface area contributed by atoms with E-state index in [1.54, 1.807) is 17.1 Å². The smallest absolute Gasteiger partial charge is 0.309 e. The van der Waals surface area contributed by atoms with E-state index in [1.165, 1.54) is 0 Å². The Bertz CT molecular complexity index is 1460. The highest BCUT2D eigenvalue weighted by atomic mass is 16.5. The highest BCUT2D eigenvalue weighted by molar-refractivity contribution is 5.86. The number of carbonyl (C=O) groups excluding carboxylic acids is 3. The summed E-state index contributed by atoms with van der Waals surface area (Å²) in [6.07, 6.45) is 5.07. The minimum atomic E-state index is -0.699. The number of nitrogens with zero attached hydrogens (tertiary/aromatic N) is 1. The van der Waals surface area contributed by atoms with Gasteiger partial charge in [-0.2, -0.15) is 0 Å². The number of benzene rings is 3. The summed E-state index contributed by atoms with van der Waals surface area (Å²) < 4.78 is 11.7. The van der Waals surface area contributed by atoms with Gasteiger partial charge in [0, 0.05) is 13.0 Å². The van der Waals surface area contributed by atoms with Crippen molar-refractivity contribution in [2.75, 3.05) is 19.8 Å². The molecule has 3 aromatic rings. The van der Waals surface area contributed by atoms with E-state index in [0.29, 0.717) is 32.4 Å². The Kier molecular flexibility index (Phi) is 14.0. The minimum absolute atomic E-state index is 0.0492. The van der Waals surface area contributed by atoms with Crippen molar-refractivity contribution in [3.63, 3.8) is 0 Å². The molecular weight excluding hydrogens is 592 g/mol. The lowest BCUT2D eigenvalue weighted by atomic mass is 9.92. The van der Waals surface area contributed by atoms with Crippen LogP contribution in [0.4, 0.5) is 0 Å². The summed E-state index contributed by atoms with van der Waals surface area (Å²) in [6, 6.07) is 26.3. The first-order valence-corrected chi connectivity index (χ1v) is 16.2. The van der Waals surface area contributed by atoms with Crippen LogP contribution in [0.2, 0.25) is 0 Å². The molecule has 0 fully saturated rings. The van der Waals surface area contributed by atoms with E-state index in [1.807, 2.05) is 84.9 Å². The molecule has 8 nitrogen and oxygen atoms in total. The molecule has 0 aliphatic carbocycles. The molecule has 47 heavy (non-hydrogen) atoms. The normalized spacial score (nSPS) is 15.9. The second kappa shape index (κ2) is 18.6.